The standard InChI is InChI=1S/C18H26N2O3S/c1-23-18(22)16-13-8-4-2-3-5-9-14(13)24-17(16)19-15(21)12-20-10-6-7-11-20/h2-12H2,1H3,(H,19,21). The summed E-state index contributed by atoms with van der Waals surface area (Å²) in [7, 11) is 1.41. The lowest BCUT2D eigenvalue weighted by Gasteiger charge is -2.14. The molecule has 3 rings (SSSR count). The Bertz CT molecular complexity index is 606. The first-order valence-electron chi connectivity index (χ1n) is 8.94. The largest absolute Gasteiger partial charge is 0.465 e. The Morgan fingerprint density at radius 3 is 2.50 bits per heavy atom. The van der Waals surface area contributed by atoms with Crippen LogP contribution in [-0.2, 0) is 22.4 Å². The van der Waals surface area contributed by atoms with Gasteiger partial charge >= 0.3 is 5.97 Å². The number of aryl methyl sites for hydroxylation is 1. The second kappa shape index (κ2) is 8.12. The molecule has 6 heteroatoms. The van der Waals surface area contributed by atoms with Gasteiger partial charge < -0.3 is 10.1 Å². The molecule has 1 aromatic heterocycles. The van der Waals surface area contributed by atoms with Crippen molar-refractivity contribution in [3.8, 4) is 0 Å². The minimum absolute atomic E-state index is 0.0312. The number of methoxy groups -OCH3 is 1. The molecule has 2 heterocycles. The Hall–Kier alpha value is -1.40. The van der Waals surface area contributed by atoms with Crippen molar-refractivity contribution in [3.63, 3.8) is 0 Å². The number of likely N-dealkylation sites (tertiary alicyclic amines) is 1. The summed E-state index contributed by atoms with van der Waals surface area (Å²) < 4.78 is 4.99. The van der Waals surface area contributed by atoms with Gasteiger partial charge in [-0.25, -0.2) is 4.79 Å². The summed E-state index contributed by atoms with van der Waals surface area (Å²) in [5.41, 5.74) is 1.69. The van der Waals surface area contributed by atoms with Crippen molar-refractivity contribution in [3.05, 3.63) is 16.0 Å². The van der Waals surface area contributed by atoms with E-state index in [1.807, 2.05) is 0 Å². The topological polar surface area (TPSA) is 58.6 Å². The summed E-state index contributed by atoms with van der Waals surface area (Å²) in [6.45, 7) is 2.37. The Kier molecular flexibility index (Phi) is 5.89. The second-order valence-corrected chi connectivity index (χ2v) is 7.75. The lowest BCUT2D eigenvalue weighted by Crippen LogP contribution is -2.31. The van der Waals surface area contributed by atoms with Gasteiger partial charge in [-0.1, -0.05) is 12.8 Å². The number of carbonyl (C=O) groups excluding carboxylic acids is 2. The van der Waals surface area contributed by atoms with E-state index in [0.717, 1.165) is 57.2 Å². The number of carbonyl (C=O) groups is 2. The number of hydrogen-bond donors (Lipinski definition) is 1. The van der Waals surface area contributed by atoms with Crippen LogP contribution in [0.2, 0.25) is 0 Å². The van der Waals surface area contributed by atoms with E-state index < -0.39 is 0 Å². The lowest BCUT2D eigenvalue weighted by atomic mass is 9.96. The minimum Gasteiger partial charge on any atom is -0.465 e. The molecule has 24 heavy (non-hydrogen) atoms. The van der Waals surface area contributed by atoms with Crippen LogP contribution in [0.4, 0.5) is 5.00 Å². The van der Waals surface area contributed by atoms with Gasteiger partial charge in [0.05, 0.1) is 19.2 Å². The Labute approximate surface area is 147 Å². The third-order valence-electron chi connectivity index (χ3n) is 4.88. The Morgan fingerprint density at radius 1 is 1.08 bits per heavy atom. The molecule has 1 aromatic rings. The molecule has 0 bridgehead atoms. The average molecular weight is 350 g/mol. The van der Waals surface area contributed by atoms with Gasteiger partial charge in [0.1, 0.15) is 5.00 Å². The summed E-state index contributed by atoms with van der Waals surface area (Å²) in [5, 5.41) is 3.67. The zero-order valence-electron chi connectivity index (χ0n) is 14.4. The maximum atomic E-state index is 12.4. The van der Waals surface area contributed by atoms with E-state index in [-0.39, 0.29) is 11.9 Å². The molecule has 0 aromatic carbocycles. The van der Waals surface area contributed by atoms with Crippen LogP contribution >= 0.6 is 11.3 Å². The maximum Gasteiger partial charge on any atom is 0.341 e. The van der Waals surface area contributed by atoms with Gasteiger partial charge in [-0.2, -0.15) is 0 Å². The summed E-state index contributed by atoms with van der Waals surface area (Å²) in [4.78, 5) is 28.1. The molecule has 1 saturated heterocycles. The Morgan fingerprint density at radius 2 is 1.79 bits per heavy atom. The van der Waals surface area contributed by atoms with Crippen LogP contribution in [0.15, 0.2) is 0 Å². The zero-order chi connectivity index (χ0) is 16.9. The van der Waals surface area contributed by atoms with Crippen molar-refractivity contribution < 1.29 is 14.3 Å². The molecule has 1 fully saturated rings. The first-order valence-corrected chi connectivity index (χ1v) is 9.75. The molecule has 1 N–H and O–H groups in total. The van der Waals surface area contributed by atoms with Crippen LogP contribution in [0.25, 0.3) is 0 Å². The highest BCUT2D eigenvalue weighted by molar-refractivity contribution is 7.17. The first-order chi connectivity index (χ1) is 11.7. The van der Waals surface area contributed by atoms with Crippen LogP contribution in [0, 0.1) is 0 Å². The van der Waals surface area contributed by atoms with Gasteiger partial charge in [0.25, 0.3) is 0 Å². The van der Waals surface area contributed by atoms with E-state index in [4.69, 9.17) is 4.74 Å². The smallest absolute Gasteiger partial charge is 0.341 e. The molecule has 2 aliphatic rings. The Balaban J connectivity index is 1.81. The highest BCUT2D eigenvalue weighted by atomic mass is 32.1. The molecule has 1 aliphatic heterocycles. The first kappa shape index (κ1) is 17.4. The molecule has 0 atom stereocenters. The van der Waals surface area contributed by atoms with Crippen LogP contribution in [0.1, 0.15) is 59.3 Å². The molecule has 1 aliphatic carbocycles. The number of ether oxygens (including phenoxy) is 1. The normalized spacial score (nSPS) is 18.5. The summed E-state index contributed by atoms with van der Waals surface area (Å²) in [6, 6.07) is 0. The molecule has 0 unspecified atom stereocenters. The quantitative estimate of drug-likeness (QED) is 0.847. The van der Waals surface area contributed by atoms with Crippen molar-refractivity contribution in [1.82, 2.24) is 4.90 Å². The molecule has 0 radical (unpaired) electrons. The number of nitrogens with one attached hydrogen (secondary N) is 1. The summed E-state index contributed by atoms with van der Waals surface area (Å²) in [5.74, 6) is -0.360. The lowest BCUT2D eigenvalue weighted by molar-refractivity contribution is -0.117. The highest BCUT2D eigenvalue weighted by Gasteiger charge is 2.26. The van der Waals surface area contributed by atoms with Gasteiger partial charge in [-0.3, -0.25) is 9.69 Å². The number of hydrogen-bond acceptors (Lipinski definition) is 5. The van der Waals surface area contributed by atoms with Gasteiger partial charge in [0.15, 0.2) is 0 Å². The van der Waals surface area contributed by atoms with Crippen molar-refractivity contribution in [1.29, 1.82) is 0 Å². The minimum atomic E-state index is -0.329. The fraction of sp³-hybridized carbons (Fsp3) is 0.667. The van der Waals surface area contributed by atoms with Crippen molar-refractivity contribution in [2.75, 3.05) is 32.1 Å². The molecule has 0 spiro atoms. The molecular weight excluding hydrogens is 324 g/mol. The van der Waals surface area contributed by atoms with E-state index in [1.165, 1.54) is 24.8 Å². The number of amides is 1. The fourth-order valence-corrected chi connectivity index (χ4v) is 4.93. The van der Waals surface area contributed by atoms with E-state index in [9.17, 15) is 9.59 Å². The van der Waals surface area contributed by atoms with Crippen molar-refractivity contribution >= 4 is 28.2 Å². The second-order valence-electron chi connectivity index (χ2n) is 6.65. The van der Waals surface area contributed by atoms with Crippen LogP contribution in [0.3, 0.4) is 0 Å². The van der Waals surface area contributed by atoms with Gasteiger partial charge in [0, 0.05) is 4.88 Å². The number of nitrogens with zero attached hydrogens (tertiary/aromatic N) is 1. The molecule has 1 amide bonds. The molecule has 0 saturated carbocycles. The predicted octanol–water partition coefficient (Wildman–Crippen LogP) is 3.23. The van der Waals surface area contributed by atoms with Crippen LogP contribution in [0.5, 0.6) is 0 Å². The van der Waals surface area contributed by atoms with E-state index in [0.29, 0.717) is 17.1 Å². The molecule has 132 valence electrons. The van der Waals surface area contributed by atoms with Gasteiger partial charge in [-0.15, -0.1) is 11.3 Å². The van der Waals surface area contributed by atoms with E-state index in [1.54, 1.807) is 11.3 Å². The van der Waals surface area contributed by atoms with E-state index >= 15 is 0 Å². The van der Waals surface area contributed by atoms with Gasteiger partial charge in [0.2, 0.25) is 5.91 Å². The SMILES string of the molecule is COC(=O)c1c(NC(=O)CN2CCCC2)sc2c1CCCCCC2. The van der Waals surface area contributed by atoms with Crippen LogP contribution < -0.4 is 5.32 Å². The third kappa shape index (κ3) is 3.98. The predicted molar refractivity (Wildman–Crippen MR) is 95.8 cm³/mol. The van der Waals surface area contributed by atoms with Crippen LogP contribution in [-0.4, -0.2) is 43.5 Å². The number of fused-ring (bicyclic) bond motifs is 1. The van der Waals surface area contributed by atoms with Gasteiger partial charge in [-0.05, 0) is 57.2 Å². The maximum absolute atomic E-state index is 12.4. The molecule has 5 nitrogen and oxygen atoms in total. The van der Waals surface area contributed by atoms with Crippen molar-refractivity contribution in [2.24, 2.45) is 0 Å². The molecular formula is C18H26N2O3S. The number of thiophene rings is 1. The highest BCUT2D eigenvalue weighted by Crippen LogP contribution is 2.37. The zero-order valence-corrected chi connectivity index (χ0v) is 15.2. The monoisotopic (exact) mass is 350 g/mol. The average Bonchev–Trinajstić information content (AvgIpc) is 3.15. The number of rotatable bonds is 4. The number of esters is 1. The number of anilines is 1. The third-order valence-corrected chi connectivity index (χ3v) is 6.09. The van der Waals surface area contributed by atoms with E-state index in [2.05, 4.69) is 10.2 Å². The fourth-order valence-electron chi connectivity index (χ4n) is 3.64. The summed E-state index contributed by atoms with van der Waals surface area (Å²) >= 11 is 1.56. The van der Waals surface area contributed by atoms with Crippen molar-refractivity contribution in [2.45, 2.75) is 51.4 Å². The summed E-state index contributed by atoms with van der Waals surface area (Å²) in [6.07, 6.45) is 8.89.